The first-order valence-electron chi connectivity index (χ1n) is 8.66. The van der Waals surface area contributed by atoms with Gasteiger partial charge in [-0.15, -0.1) is 0 Å². The minimum Gasteiger partial charge on any atom is -0.380 e. The van der Waals surface area contributed by atoms with Crippen molar-refractivity contribution in [3.8, 4) is 0 Å². The Morgan fingerprint density at radius 2 is 1.90 bits per heavy atom. The fourth-order valence-corrected chi connectivity index (χ4v) is 4.44. The summed E-state index contributed by atoms with van der Waals surface area (Å²) in [5.41, 5.74) is 0.327. The molecule has 0 saturated heterocycles. The number of sulfone groups is 1. The fourth-order valence-electron chi connectivity index (χ4n) is 2.72. The van der Waals surface area contributed by atoms with E-state index in [0.29, 0.717) is 11.3 Å². The molecule has 0 N–H and O–H groups in total. The molecule has 154 valence electrons. The Balaban J connectivity index is 2.07. The van der Waals surface area contributed by atoms with Crippen LogP contribution in [0.2, 0.25) is 0 Å². The Labute approximate surface area is 170 Å². The van der Waals surface area contributed by atoms with Gasteiger partial charge in [-0.3, -0.25) is 4.79 Å². The molecule has 0 aliphatic carbocycles. The van der Waals surface area contributed by atoms with Gasteiger partial charge >= 0.3 is 0 Å². The summed E-state index contributed by atoms with van der Waals surface area (Å²) in [4.78, 5) is 16.9. The van der Waals surface area contributed by atoms with Gasteiger partial charge in [-0.2, -0.15) is 4.99 Å². The smallest absolute Gasteiger partial charge is 0.279 e. The largest absolute Gasteiger partial charge is 0.380 e. The molecule has 3 rings (SSSR count). The van der Waals surface area contributed by atoms with Crippen LogP contribution in [0.3, 0.4) is 0 Å². The van der Waals surface area contributed by atoms with Crippen molar-refractivity contribution < 1.29 is 26.7 Å². The van der Waals surface area contributed by atoms with E-state index in [1.165, 1.54) is 34.9 Å². The number of aromatic nitrogens is 1. The molecule has 0 aliphatic rings. The second-order valence-electron chi connectivity index (χ2n) is 6.18. The fraction of sp³-hybridized carbons (Fsp3) is 0.263. The molecule has 6 nitrogen and oxygen atoms in total. The van der Waals surface area contributed by atoms with E-state index < -0.39 is 27.4 Å². The summed E-state index contributed by atoms with van der Waals surface area (Å²) in [6.45, 7) is 2.79. The van der Waals surface area contributed by atoms with Gasteiger partial charge in [-0.1, -0.05) is 11.3 Å². The molecule has 2 aromatic carbocycles. The lowest BCUT2D eigenvalue weighted by molar-refractivity contribution is 0.0996. The van der Waals surface area contributed by atoms with Gasteiger partial charge < -0.3 is 9.30 Å². The summed E-state index contributed by atoms with van der Waals surface area (Å²) < 4.78 is 58.2. The number of rotatable bonds is 6. The first-order chi connectivity index (χ1) is 13.7. The van der Waals surface area contributed by atoms with E-state index in [9.17, 15) is 22.0 Å². The zero-order valence-corrected chi connectivity index (χ0v) is 17.3. The summed E-state index contributed by atoms with van der Waals surface area (Å²) in [6.07, 6.45) is 1.07. The second-order valence-corrected chi connectivity index (χ2v) is 9.21. The Morgan fingerprint density at radius 1 is 1.21 bits per heavy atom. The first-order valence-corrected chi connectivity index (χ1v) is 11.4. The Morgan fingerprint density at radius 3 is 2.52 bits per heavy atom. The molecule has 0 saturated carbocycles. The minimum absolute atomic E-state index is 0.0836. The molecule has 10 heteroatoms. The molecule has 1 aromatic heterocycles. The van der Waals surface area contributed by atoms with E-state index in [1.54, 1.807) is 0 Å². The Bertz CT molecular complexity index is 1230. The number of hydrogen-bond acceptors (Lipinski definition) is 5. The molecule has 0 unspecified atom stereocenters. The van der Waals surface area contributed by atoms with E-state index in [4.69, 9.17) is 4.74 Å². The van der Waals surface area contributed by atoms with Crippen molar-refractivity contribution in [1.29, 1.82) is 0 Å². The summed E-state index contributed by atoms with van der Waals surface area (Å²) >= 11 is 0.985. The van der Waals surface area contributed by atoms with E-state index in [0.717, 1.165) is 23.7 Å². The molecule has 0 spiro atoms. The lowest BCUT2D eigenvalue weighted by atomic mass is 10.2. The van der Waals surface area contributed by atoms with Crippen LogP contribution in [-0.4, -0.2) is 38.4 Å². The minimum atomic E-state index is -3.38. The Kier molecular flexibility index (Phi) is 6.25. The average Bonchev–Trinajstić information content (AvgIpc) is 2.98. The normalized spacial score (nSPS) is 12.6. The SMILES string of the molecule is CCOCCn1c(=NC(=O)c2ccc(S(C)(=O)=O)cc2)sc2cc(F)cc(F)c21. The van der Waals surface area contributed by atoms with Crippen molar-refractivity contribution in [1.82, 2.24) is 4.57 Å². The lowest BCUT2D eigenvalue weighted by Gasteiger charge is -2.06. The van der Waals surface area contributed by atoms with Crippen LogP contribution in [0.15, 0.2) is 46.3 Å². The zero-order chi connectivity index (χ0) is 21.2. The molecule has 0 fully saturated rings. The summed E-state index contributed by atoms with van der Waals surface area (Å²) in [7, 11) is -3.38. The third-order valence-electron chi connectivity index (χ3n) is 4.09. The number of hydrogen-bond donors (Lipinski definition) is 0. The number of carbonyl (C=O) groups is 1. The van der Waals surface area contributed by atoms with Crippen molar-refractivity contribution >= 4 is 37.3 Å². The maximum atomic E-state index is 14.4. The monoisotopic (exact) mass is 440 g/mol. The van der Waals surface area contributed by atoms with Crippen LogP contribution in [0.4, 0.5) is 8.78 Å². The second kappa shape index (κ2) is 8.52. The molecular weight excluding hydrogens is 422 g/mol. The van der Waals surface area contributed by atoms with Crippen molar-refractivity contribution in [3.63, 3.8) is 0 Å². The number of benzene rings is 2. The zero-order valence-electron chi connectivity index (χ0n) is 15.7. The number of nitrogens with zero attached hydrogens (tertiary/aromatic N) is 2. The predicted octanol–water partition coefficient (Wildman–Crippen LogP) is 3.16. The summed E-state index contributed by atoms with van der Waals surface area (Å²) in [6, 6.07) is 7.33. The van der Waals surface area contributed by atoms with Gasteiger partial charge in [0.05, 0.1) is 21.7 Å². The molecule has 3 aromatic rings. The van der Waals surface area contributed by atoms with Crippen molar-refractivity contribution in [3.05, 3.63) is 58.4 Å². The van der Waals surface area contributed by atoms with Crippen LogP contribution in [-0.2, 0) is 21.1 Å². The van der Waals surface area contributed by atoms with E-state index in [-0.39, 0.29) is 33.9 Å². The molecule has 1 amide bonds. The number of amides is 1. The number of carbonyl (C=O) groups excluding carboxylic acids is 1. The molecule has 1 heterocycles. The highest BCUT2D eigenvalue weighted by atomic mass is 32.2. The standard InChI is InChI=1S/C19H18F2N2O4S2/c1-3-27-9-8-23-17-15(21)10-13(20)11-16(17)28-19(23)22-18(24)12-4-6-14(7-5-12)29(2,25)26/h4-7,10-11H,3,8-9H2,1-2H3. The number of halogens is 2. The van der Waals surface area contributed by atoms with Gasteiger partial charge in [0.25, 0.3) is 5.91 Å². The maximum absolute atomic E-state index is 14.4. The van der Waals surface area contributed by atoms with Crippen molar-refractivity contribution in [2.24, 2.45) is 4.99 Å². The predicted molar refractivity (Wildman–Crippen MR) is 106 cm³/mol. The van der Waals surface area contributed by atoms with Crippen LogP contribution < -0.4 is 4.80 Å². The quantitative estimate of drug-likeness (QED) is 0.552. The van der Waals surface area contributed by atoms with Crippen molar-refractivity contribution in [2.75, 3.05) is 19.5 Å². The van der Waals surface area contributed by atoms with Crippen LogP contribution >= 0.6 is 11.3 Å². The average molecular weight is 440 g/mol. The van der Waals surface area contributed by atoms with E-state index in [2.05, 4.69) is 4.99 Å². The van der Waals surface area contributed by atoms with Crippen LogP contribution in [0.25, 0.3) is 10.2 Å². The van der Waals surface area contributed by atoms with E-state index >= 15 is 0 Å². The highest BCUT2D eigenvalue weighted by Crippen LogP contribution is 2.22. The molecular formula is C19H18F2N2O4S2. The highest BCUT2D eigenvalue weighted by Gasteiger charge is 2.15. The van der Waals surface area contributed by atoms with Gasteiger partial charge in [-0.25, -0.2) is 17.2 Å². The summed E-state index contributed by atoms with van der Waals surface area (Å²) in [5, 5.41) is 0. The van der Waals surface area contributed by atoms with Crippen LogP contribution in [0.5, 0.6) is 0 Å². The van der Waals surface area contributed by atoms with Gasteiger partial charge in [0.1, 0.15) is 5.82 Å². The molecule has 0 bridgehead atoms. The highest BCUT2D eigenvalue weighted by molar-refractivity contribution is 7.90. The molecule has 29 heavy (non-hydrogen) atoms. The number of thiazole rings is 1. The van der Waals surface area contributed by atoms with Gasteiger partial charge in [0, 0.05) is 31.0 Å². The third kappa shape index (κ3) is 4.77. The summed E-state index contributed by atoms with van der Waals surface area (Å²) in [5.74, 6) is -2.09. The van der Waals surface area contributed by atoms with Gasteiger partial charge in [0.15, 0.2) is 20.5 Å². The van der Waals surface area contributed by atoms with Crippen LogP contribution in [0.1, 0.15) is 17.3 Å². The molecule has 0 radical (unpaired) electrons. The van der Waals surface area contributed by atoms with Crippen molar-refractivity contribution in [2.45, 2.75) is 18.4 Å². The third-order valence-corrected chi connectivity index (χ3v) is 6.24. The molecule has 0 aliphatic heterocycles. The maximum Gasteiger partial charge on any atom is 0.279 e. The first kappa shape index (κ1) is 21.3. The number of fused-ring (bicyclic) bond motifs is 1. The lowest BCUT2D eigenvalue weighted by Crippen LogP contribution is -2.20. The molecule has 0 atom stereocenters. The van der Waals surface area contributed by atoms with E-state index in [1.807, 2.05) is 6.92 Å². The number of ether oxygens (including phenoxy) is 1. The van der Waals surface area contributed by atoms with Gasteiger partial charge in [-0.05, 0) is 37.3 Å². The topological polar surface area (TPSA) is 77.7 Å². The van der Waals surface area contributed by atoms with Gasteiger partial charge in [0.2, 0.25) is 0 Å². The van der Waals surface area contributed by atoms with Crippen LogP contribution in [0, 0.1) is 11.6 Å². The Hall–Kier alpha value is -2.43.